The molecule has 654 valence electrons. The molecular formula is C100H104O25. The highest BCUT2D eigenvalue weighted by Gasteiger charge is 2.16. The van der Waals surface area contributed by atoms with Crippen molar-refractivity contribution in [3.63, 3.8) is 0 Å². The molecule has 0 amide bonds. The molecule has 0 unspecified atom stereocenters. The smallest absolute Gasteiger partial charge is 0.343 e. The predicted octanol–water partition coefficient (Wildman–Crippen LogP) is 19.1. The maximum absolute atomic E-state index is 12.5. The van der Waals surface area contributed by atoms with Crippen LogP contribution in [0.5, 0.6) is 57.5 Å². The molecule has 10 aromatic carbocycles. The van der Waals surface area contributed by atoms with Crippen LogP contribution in [-0.4, -0.2) is 143 Å². The minimum absolute atomic E-state index is 0.307. The van der Waals surface area contributed by atoms with Crippen LogP contribution in [-0.2, 0) is 52.4 Å². The first-order chi connectivity index (χ1) is 60.5. The maximum Gasteiger partial charge on any atom is 0.343 e. The minimum atomic E-state index is -0.538. The summed E-state index contributed by atoms with van der Waals surface area (Å²) in [7, 11) is 11.3. The monoisotopic (exact) mass is 1700 g/mol. The van der Waals surface area contributed by atoms with Gasteiger partial charge in [-0.3, -0.25) is 0 Å². The average molecular weight is 1710 g/mol. The second-order valence-corrected chi connectivity index (χ2v) is 26.3. The van der Waals surface area contributed by atoms with Crippen molar-refractivity contribution in [3.8, 4) is 68.6 Å². The topological polar surface area (TPSA) is 301 Å². The van der Waals surface area contributed by atoms with Crippen molar-refractivity contribution in [1.29, 1.82) is 0 Å². The molecular weight excluding hydrogens is 1600 g/mol. The van der Waals surface area contributed by atoms with Gasteiger partial charge in [-0.05, 0) is 257 Å². The number of benzene rings is 10. The lowest BCUT2D eigenvalue weighted by Gasteiger charge is -2.09. The van der Waals surface area contributed by atoms with Gasteiger partial charge in [-0.1, -0.05) is 105 Å². The standard InChI is InChI=1S/C33H28O7.C31H30O8.C30H28O7.3C2H6O/c1-2-31(34)38-23-7-6-22-37-28-16-14-27(15-17-28)33(36)40-30-20-18-29(19-21-30)39-32(35)26-12-10-25(11-13-26)24-8-4-3-5-9-24;1-22(2)30(33)37-21-5-4-20-36-26-13-9-24(10-14-26)31(34)39-28-17-15-27(16-18-28)38-29(32)19-8-23-6-11-25(35-3)12-7-23;1-22(2)29(32)35-21-7-6-20-34-25-13-11-24(12-14-25)30(33)37-27-17-15-26(16-18-27)36-28(31)19-10-23-8-4-3-5-9-23;3*1-3-2/h2-5,8-21H,1,6-7,22-23H2;6-19H,1,4-5,20-21H2,2-3H3;3-5,8-19H,1,6-7,20-21H2,2H3;3*1-2H3/b;19-8+;19-10+;;;. The van der Waals surface area contributed by atoms with E-state index in [1.807, 2.05) is 84.9 Å². The van der Waals surface area contributed by atoms with E-state index in [4.69, 9.17) is 61.6 Å². The number of esters is 9. The van der Waals surface area contributed by atoms with Crippen molar-refractivity contribution >= 4 is 65.9 Å². The van der Waals surface area contributed by atoms with Crippen molar-refractivity contribution < 1.29 is 119 Å². The van der Waals surface area contributed by atoms with Gasteiger partial charge in [0, 0.05) is 72.0 Å². The van der Waals surface area contributed by atoms with Crippen LogP contribution in [0.25, 0.3) is 23.3 Å². The Morgan fingerprint density at radius 3 is 0.816 bits per heavy atom. The number of carbonyl (C=O) groups is 9. The molecule has 25 heteroatoms. The van der Waals surface area contributed by atoms with Crippen molar-refractivity contribution in [2.45, 2.75) is 52.4 Å². The summed E-state index contributed by atoms with van der Waals surface area (Å²) in [6.07, 6.45) is 11.2. The zero-order valence-corrected chi connectivity index (χ0v) is 71.4. The molecule has 25 nitrogen and oxygen atoms in total. The van der Waals surface area contributed by atoms with Crippen LogP contribution in [0.2, 0.25) is 0 Å². The molecule has 0 atom stereocenters. The lowest BCUT2D eigenvalue weighted by molar-refractivity contribution is -0.139. The highest BCUT2D eigenvalue weighted by Crippen LogP contribution is 2.27. The first-order valence-electron chi connectivity index (χ1n) is 39.2. The molecule has 0 aliphatic rings. The highest BCUT2D eigenvalue weighted by molar-refractivity contribution is 5.94. The van der Waals surface area contributed by atoms with Crippen LogP contribution >= 0.6 is 0 Å². The molecule has 0 N–H and O–H groups in total. The van der Waals surface area contributed by atoms with E-state index < -0.39 is 53.7 Å². The quantitative estimate of drug-likeness (QED) is 0.0115. The third kappa shape index (κ3) is 41.4. The normalized spacial score (nSPS) is 10.1. The Balaban J connectivity index is 0.000000317. The fraction of sp³-hybridized carbons (Fsp3) is 0.210. The molecule has 10 aromatic rings. The van der Waals surface area contributed by atoms with Gasteiger partial charge in [-0.15, -0.1) is 0 Å². The van der Waals surface area contributed by atoms with Crippen LogP contribution in [0, 0.1) is 0 Å². The zero-order chi connectivity index (χ0) is 90.8. The Morgan fingerprint density at radius 2 is 0.520 bits per heavy atom. The number of carbonyl (C=O) groups excluding carboxylic acids is 9. The van der Waals surface area contributed by atoms with E-state index in [0.717, 1.165) is 34.1 Å². The van der Waals surface area contributed by atoms with E-state index >= 15 is 0 Å². The summed E-state index contributed by atoms with van der Waals surface area (Å²) < 4.78 is 82.0. The summed E-state index contributed by atoms with van der Waals surface area (Å²) in [6.45, 7) is 15.9. The first kappa shape index (κ1) is 101. The molecule has 0 aromatic heterocycles. The molecule has 0 saturated heterocycles. The summed E-state index contributed by atoms with van der Waals surface area (Å²) in [6, 6.07) is 72.1. The second-order valence-electron chi connectivity index (χ2n) is 26.3. The molecule has 0 saturated carbocycles. The summed E-state index contributed by atoms with van der Waals surface area (Å²) in [5.41, 5.74) is 6.04. The van der Waals surface area contributed by atoms with E-state index in [1.165, 1.54) is 24.3 Å². The number of hydrogen-bond acceptors (Lipinski definition) is 25. The van der Waals surface area contributed by atoms with E-state index in [1.54, 1.807) is 233 Å². The summed E-state index contributed by atoms with van der Waals surface area (Å²) >= 11 is 0. The van der Waals surface area contributed by atoms with Crippen LogP contribution in [0.15, 0.2) is 304 Å². The maximum atomic E-state index is 12.5. The first-order valence-corrected chi connectivity index (χ1v) is 39.2. The molecule has 0 bridgehead atoms. The summed E-state index contributed by atoms with van der Waals surface area (Å²) in [5.74, 6) is 0.123. The van der Waals surface area contributed by atoms with Crippen molar-refractivity contribution in [1.82, 2.24) is 0 Å². The highest BCUT2D eigenvalue weighted by atomic mass is 16.6. The fourth-order valence-corrected chi connectivity index (χ4v) is 9.78. The Morgan fingerprint density at radius 1 is 0.272 bits per heavy atom. The number of rotatable bonds is 37. The van der Waals surface area contributed by atoms with Gasteiger partial charge >= 0.3 is 53.7 Å². The van der Waals surface area contributed by atoms with Gasteiger partial charge in [0.2, 0.25) is 0 Å². The Bertz CT molecular complexity index is 5000. The molecule has 0 aliphatic heterocycles. The van der Waals surface area contributed by atoms with Gasteiger partial charge in [-0.2, -0.15) is 0 Å². The number of ether oxygens (including phenoxy) is 16. The summed E-state index contributed by atoms with van der Waals surface area (Å²) in [5, 5.41) is 0. The lowest BCUT2D eigenvalue weighted by Crippen LogP contribution is -2.09. The van der Waals surface area contributed by atoms with Crippen LogP contribution in [0.3, 0.4) is 0 Å². The van der Waals surface area contributed by atoms with E-state index in [2.05, 4.69) is 33.9 Å². The van der Waals surface area contributed by atoms with E-state index in [-0.39, 0.29) is 0 Å². The lowest BCUT2D eigenvalue weighted by atomic mass is 10.0. The molecule has 125 heavy (non-hydrogen) atoms. The Hall–Kier alpha value is -14.8. The Kier molecular flexibility index (Phi) is 47.6. The van der Waals surface area contributed by atoms with Crippen LogP contribution in [0.4, 0.5) is 0 Å². The molecule has 10 rings (SSSR count). The van der Waals surface area contributed by atoms with E-state index in [0.29, 0.717) is 163 Å². The Labute approximate surface area is 728 Å². The van der Waals surface area contributed by atoms with Crippen LogP contribution < -0.4 is 47.4 Å². The van der Waals surface area contributed by atoms with Gasteiger partial charge in [0.1, 0.15) is 57.5 Å². The molecule has 0 heterocycles. The zero-order valence-electron chi connectivity index (χ0n) is 71.4. The molecule has 0 spiro atoms. The van der Waals surface area contributed by atoms with Gasteiger partial charge in [-0.25, -0.2) is 43.2 Å². The number of hydrogen-bond donors (Lipinski definition) is 0. The average Bonchev–Trinajstić information content (AvgIpc) is 0.856. The predicted molar refractivity (Wildman–Crippen MR) is 475 cm³/mol. The van der Waals surface area contributed by atoms with Gasteiger partial charge in [0.25, 0.3) is 0 Å². The molecule has 0 aliphatic carbocycles. The van der Waals surface area contributed by atoms with Gasteiger partial charge in [0.15, 0.2) is 0 Å². The SMILES string of the molecule is C=C(C)C(=O)OCCCCOc1ccc(C(=O)Oc2ccc(OC(=O)/C=C/c3ccc(OC)cc3)cc2)cc1.C=C(C)C(=O)OCCCCOc1ccc(C(=O)Oc2ccc(OC(=O)/C=C/c3ccccc3)cc2)cc1.C=CC(=O)OCCCCOc1ccc(C(=O)Oc2ccc(OC(=O)c3ccc(-c4ccccc4)cc3)cc2)cc1.COC.COC.COC. The molecule has 0 radical (unpaired) electrons. The second kappa shape index (κ2) is 59.0. The number of unbranched alkanes of at least 4 members (excludes halogenated alkanes) is 3. The number of methoxy groups -OCH3 is 4. The molecule has 0 fully saturated rings. The fourth-order valence-electron chi connectivity index (χ4n) is 9.78. The van der Waals surface area contributed by atoms with Crippen molar-refractivity contribution in [3.05, 3.63) is 337 Å². The summed E-state index contributed by atoms with van der Waals surface area (Å²) in [4.78, 5) is 108. The van der Waals surface area contributed by atoms with Crippen molar-refractivity contribution in [2.75, 3.05) is 89.4 Å². The largest absolute Gasteiger partial charge is 0.497 e. The van der Waals surface area contributed by atoms with Crippen LogP contribution in [0.1, 0.15) is 105 Å². The van der Waals surface area contributed by atoms with E-state index in [9.17, 15) is 43.2 Å². The van der Waals surface area contributed by atoms with Gasteiger partial charge < -0.3 is 75.8 Å². The minimum Gasteiger partial charge on any atom is -0.497 e. The third-order valence-corrected chi connectivity index (χ3v) is 16.0. The van der Waals surface area contributed by atoms with Crippen molar-refractivity contribution in [2.24, 2.45) is 0 Å². The third-order valence-electron chi connectivity index (χ3n) is 16.0. The van der Waals surface area contributed by atoms with Gasteiger partial charge in [0.05, 0.1) is 69.0 Å².